The Labute approximate surface area is 103 Å². The molecule has 4 heteroatoms. The summed E-state index contributed by atoms with van der Waals surface area (Å²) in [5.74, 6) is 0.571. The Hall–Kier alpha value is -1.55. The standard InChI is InChI=1S/C12H12BrN3/c13-10-5-1-2-6-11(10)16-8-9-4-3-7-15-12(9)14/h1-7,16H,8H2,(H2,14,15). The summed E-state index contributed by atoms with van der Waals surface area (Å²) in [5, 5.41) is 3.30. The van der Waals surface area contributed by atoms with Crippen LogP contribution in [-0.4, -0.2) is 4.98 Å². The number of rotatable bonds is 3. The van der Waals surface area contributed by atoms with Crippen molar-refractivity contribution in [2.24, 2.45) is 0 Å². The molecule has 0 unspecified atom stereocenters. The second-order valence-electron chi connectivity index (χ2n) is 3.38. The minimum absolute atomic E-state index is 0.571. The number of hydrogen-bond donors (Lipinski definition) is 2. The smallest absolute Gasteiger partial charge is 0.128 e. The first-order valence-electron chi connectivity index (χ1n) is 4.95. The number of nitrogen functional groups attached to an aromatic ring is 1. The quantitative estimate of drug-likeness (QED) is 0.907. The van der Waals surface area contributed by atoms with Gasteiger partial charge in [0, 0.05) is 28.5 Å². The first-order chi connectivity index (χ1) is 7.77. The Bertz CT molecular complexity index is 440. The van der Waals surface area contributed by atoms with Crippen molar-refractivity contribution in [2.45, 2.75) is 6.54 Å². The fourth-order valence-electron chi connectivity index (χ4n) is 1.40. The zero-order chi connectivity index (χ0) is 11.4. The monoisotopic (exact) mass is 277 g/mol. The normalized spacial score (nSPS) is 10.1. The fraction of sp³-hybridized carbons (Fsp3) is 0.0833. The highest BCUT2D eigenvalue weighted by molar-refractivity contribution is 9.10. The average molecular weight is 278 g/mol. The third kappa shape index (κ3) is 2.52. The number of nitrogens with one attached hydrogen (secondary N) is 1. The summed E-state index contributed by atoms with van der Waals surface area (Å²) >= 11 is 3.48. The number of anilines is 2. The molecule has 0 aliphatic heterocycles. The van der Waals surface area contributed by atoms with Crippen molar-refractivity contribution < 1.29 is 0 Å². The van der Waals surface area contributed by atoms with Crippen molar-refractivity contribution in [3.8, 4) is 0 Å². The first kappa shape index (κ1) is 11.0. The third-order valence-corrected chi connectivity index (χ3v) is 2.96. The molecule has 0 radical (unpaired) electrons. The van der Waals surface area contributed by atoms with Crippen LogP contribution in [0.25, 0.3) is 0 Å². The van der Waals surface area contributed by atoms with Gasteiger partial charge in [0.25, 0.3) is 0 Å². The van der Waals surface area contributed by atoms with Crippen molar-refractivity contribution in [1.82, 2.24) is 4.98 Å². The number of aromatic nitrogens is 1. The highest BCUT2D eigenvalue weighted by Crippen LogP contribution is 2.22. The van der Waals surface area contributed by atoms with E-state index in [-0.39, 0.29) is 0 Å². The van der Waals surface area contributed by atoms with Gasteiger partial charge in [-0.2, -0.15) is 0 Å². The second kappa shape index (κ2) is 4.99. The molecule has 1 aromatic heterocycles. The van der Waals surface area contributed by atoms with E-state index in [9.17, 15) is 0 Å². The van der Waals surface area contributed by atoms with Gasteiger partial charge < -0.3 is 11.1 Å². The van der Waals surface area contributed by atoms with Crippen LogP contribution in [0.3, 0.4) is 0 Å². The van der Waals surface area contributed by atoms with Gasteiger partial charge in [0.15, 0.2) is 0 Å². The topological polar surface area (TPSA) is 50.9 Å². The van der Waals surface area contributed by atoms with Crippen LogP contribution in [0.5, 0.6) is 0 Å². The summed E-state index contributed by atoms with van der Waals surface area (Å²) in [5.41, 5.74) is 7.81. The summed E-state index contributed by atoms with van der Waals surface area (Å²) in [7, 11) is 0. The SMILES string of the molecule is Nc1ncccc1CNc1ccccc1Br. The van der Waals surface area contributed by atoms with Crippen LogP contribution in [-0.2, 0) is 6.54 Å². The molecule has 2 aromatic rings. The maximum atomic E-state index is 5.76. The Balaban J connectivity index is 2.09. The van der Waals surface area contributed by atoms with Crippen LogP contribution in [0.1, 0.15) is 5.56 Å². The number of nitrogens with zero attached hydrogens (tertiary/aromatic N) is 1. The van der Waals surface area contributed by atoms with Crippen LogP contribution in [0.2, 0.25) is 0 Å². The molecule has 1 aromatic carbocycles. The van der Waals surface area contributed by atoms with E-state index in [1.807, 2.05) is 36.4 Å². The van der Waals surface area contributed by atoms with Crippen molar-refractivity contribution >= 4 is 27.4 Å². The summed E-state index contributed by atoms with van der Waals surface area (Å²) in [6, 6.07) is 11.8. The summed E-state index contributed by atoms with van der Waals surface area (Å²) < 4.78 is 1.04. The van der Waals surface area contributed by atoms with Gasteiger partial charge in [-0.25, -0.2) is 4.98 Å². The molecule has 3 N–H and O–H groups in total. The maximum absolute atomic E-state index is 5.76. The van der Waals surface area contributed by atoms with E-state index in [1.54, 1.807) is 6.20 Å². The zero-order valence-electron chi connectivity index (χ0n) is 8.65. The predicted octanol–water partition coefficient (Wildman–Crippen LogP) is 3.04. The van der Waals surface area contributed by atoms with E-state index in [4.69, 9.17) is 5.73 Å². The summed E-state index contributed by atoms with van der Waals surface area (Å²) in [6.45, 7) is 0.669. The largest absolute Gasteiger partial charge is 0.383 e. The van der Waals surface area contributed by atoms with E-state index in [1.165, 1.54) is 0 Å². The molecule has 16 heavy (non-hydrogen) atoms. The van der Waals surface area contributed by atoms with Crippen LogP contribution in [0.4, 0.5) is 11.5 Å². The van der Waals surface area contributed by atoms with Gasteiger partial charge in [0.2, 0.25) is 0 Å². The van der Waals surface area contributed by atoms with Gasteiger partial charge in [-0.05, 0) is 34.1 Å². The minimum Gasteiger partial charge on any atom is -0.383 e. The Morgan fingerprint density at radius 1 is 1.19 bits per heavy atom. The lowest BCUT2D eigenvalue weighted by Crippen LogP contribution is -2.04. The molecule has 0 saturated carbocycles. The van der Waals surface area contributed by atoms with E-state index >= 15 is 0 Å². The number of pyridine rings is 1. The molecule has 2 rings (SSSR count). The Morgan fingerprint density at radius 3 is 2.75 bits per heavy atom. The van der Waals surface area contributed by atoms with Crippen molar-refractivity contribution in [3.63, 3.8) is 0 Å². The molecule has 0 bridgehead atoms. The van der Waals surface area contributed by atoms with Gasteiger partial charge in [-0.3, -0.25) is 0 Å². The lowest BCUT2D eigenvalue weighted by molar-refractivity contribution is 1.12. The average Bonchev–Trinajstić information content (AvgIpc) is 2.30. The molecule has 82 valence electrons. The van der Waals surface area contributed by atoms with Crippen LogP contribution in [0, 0.1) is 0 Å². The number of para-hydroxylation sites is 1. The van der Waals surface area contributed by atoms with Gasteiger partial charge in [0.05, 0.1) is 0 Å². The molecule has 1 heterocycles. The lowest BCUT2D eigenvalue weighted by Gasteiger charge is -2.09. The van der Waals surface area contributed by atoms with E-state index in [0.29, 0.717) is 12.4 Å². The predicted molar refractivity (Wildman–Crippen MR) is 70.1 cm³/mol. The van der Waals surface area contributed by atoms with Crippen molar-refractivity contribution in [3.05, 3.63) is 52.6 Å². The Kier molecular flexibility index (Phi) is 3.41. The molecular weight excluding hydrogens is 266 g/mol. The van der Waals surface area contributed by atoms with Crippen LogP contribution >= 0.6 is 15.9 Å². The van der Waals surface area contributed by atoms with Gasteiger partial charge >= 0.3 is 0 Å². The van der Waals surface area contributed by atoms with E-state index < -0.39 is 0 Å². The highest BCUT2D eigenvalue weighted by atomic mass is 79.9. The molecule has 0 fully saturated rings. The number of hydrogen-bond acceptors (Lipinski definition) is 3. The summed E-state index contributed by atoms with van der Waals surface area (Å²) in [6.07, 6.45) is 1.69. The van der Waals surface area contributed by atoms with E-state index in [2.05, 4.69) is 26.2 Å². The van der Waals surface area contributed by atoms with E-state index in [0.717, 1.165) is 15.7 Å². The van der Waals surface area contributed by atoms with Crippen LogP contribution < -0.4 is 11.1 Å². The van der Waals surface area contributed by atoms with Crippen molar-refractivity contribution in [2.75, 3.05) is 11.1 Å². The summed E-state index contributed by atoms with van der Waals surface area (Å²) in [4.78, 5) is 4.04. The number of halogens is 1. The third-order valence-electron chi connectivity index (χ3n) is 2.27. The molecule has 0 saturated heterocycles. The molecule has 0 amide bonds. The molecule has 0 spiro atoms. The number of benzene rings is 1. The maximum Gasteiger partial charge on any atom is 0.128 e. The highest BCUT2D eigenvalue weighted by Gasteiger charge is 2.00. The second-order valence-corrected chi connectivity index (χ2v) is 4.24. The minimum atomic E-state index is 0.571. The molecule has 3 nitrogen and oxygen atoms in total. The number of nitrogens with two attached hydrogens (primary N) is 1. The van der Waals surface area contributed by atoms with Gasteiger partial charge in [-0.1, -0.05) is 18.2 Å². The molecular formula is C12H12BrN3. The Morgan fingerprint density at radius 2 is 2.00 bits per heavy atom. The van der Waals surface area contributed by atoms with Gasteiger partial charge in [-0.15, -0.1) is 0 Å². The fourth-order valence-corrected chi connectivity index (χ4v) is 1.82. The van der Waals surface area contributed by atoms with Crippen molar-refractivity contribution in [1.29, 1.82) is 0 Å². The molecule has 0 atom stereocenters. The zero-order valence-corrected chi connectivity index (χ0v) is 10.2. The molecule has 0 aliphatic carbocycles. The van der Waals surface area contributed by atoms with Crippen LogP contribution in [0.15, 0.2) is 47.1 Å². The lowest BCUT2D eigenvalue weighted by atomic mass is 10.2. The molecule has 0 aliphatic rings. The first-order valence-corrected chi connectivity index (χ1v) is 5.74. The van der Waals surface area contributed by atoms with Gasteiger partial charge in [0.1, 0.15) is 5.82 Å².